The molecule has 7 heteroatoms. The van der Waals surface area contributed by atoms with Crippen LogP contribution in [0.2, 0.25) is 5.02 Å². The third kappa shape index (κ3) is 2.35. The summed E-state index contributed by atoms with van der Waals surface area (Å²) in [4.78, 5) is 0. The Balaban J connectivity index is 1.95. The summed E-state index contributed by atoms with van der Waals surface area (Å²) in [5, 5.41) is 7.39. The Morgan fingerprint density at radius 3 is 2.55 bits per heavy atom. The van der Waals surface area contributed by atoms with Crippen LogP contribution in [0.25, 0.3) is 0 Å². The van der Waals surface area contributed by atoms with E-state index in [1.165, 1.54) is 6.20 Å². The van der Waals surface area contributed by atoms with Crippen LogP contribution in [0.5, 0.6) is 0 Å². The predicted octanol–water partition coefficient (Wildman–Crippen LogP) is 4.20. The lowest BCUT2D eigenvalue weighted by atomic mass is 9.97. The van der Waals surface area contributed by atoms with Crippen LogP contribution in [-0.2, 0) is 0 Å². The minimum Gasteiger partial charge on any atom is -0.363 e. The van der Waals surface area contributed by atoms with E-state index in [1.807, 2.05) is 0 Å². The highest BCUT2D eigenvalue weighted by molar-refractivity contribution is 6.30. The van der Waals surface area contributed by atoms with Crippen LogP contribution >= 0.6 is 11.6 Å². The molecule has 0 saturated heterocycles. The standard InChI is InChI=1S/C13H11ClF3N3/c14-9-3-1-8(2-4-9)10-7-11(13(15,16)17)20-12(19-10)5-6-18-20/h1-6,10-11,19H,7H2/t10-,11-/m0/s1. The van der Waals surface area contributed by atoms with Gasteiger partial charge in [-0.25, -0.2) is 4.68 Å². The van der Waals surface area contributed by atoms with Crippen molar-refractivity contribution >= 4 is 17.4 Å². The highest BCUT2D eigenvalue weighted by Crippen LogP contribution is 2.43. The number of nitrogens with zero attached hydrogens (tertiary/aromatic N) is 2. The average Bonchev–Trinajstić information content (AvgIpc) is 2.85. The van der Waals surface area contributed by atoms with Crippen molar-refractivity contribution < 1.29 is 13.2 Å². The molecule has 2 atom stereocenters. The summed E-state index contributed by atoms with van der Waals surface area (Å²) >= 11 is 5.80. The fourth-order valence-corrected chi connectivity index (χ4v) is 2.55. The third-order valence-corrected chi connectivity index (χ3v) is 3.65. The molecule has 1 aliphatic heterocycles. The lowest BCUT2D eigenvalue weighted by Gasteiger charge is -2.33. The Labute approximate surface area is 118 Å². The zero-order valence-electron chi connectivity index (χ0n) is 10.2. The van der Waals surface area contributed by atoms with E-state index in [0.717, 1.165) is 10.2 Å². The van der Waals surface area contributed by atoms with E-state index in [1.54, 1.807) is 30.3 Å². The van der Waals surface area contributed by atoms with Crippen molar-refractivity contribution in [2.75, 3.05) is 5.32 Å². The number of halogens is 4. The zero-order valence-corrected chi connectivity index (χ0v) is 11.0. The van der Waals surface area contributed by atoms with E-state index >= 15 is 0 Å². The summed E-state index contributed by atoms with van der Waals surface area (Å²) in [5.41, 5.74) is 0.774. The summed E-state index contributed by atoms with van der Waals surface area (Å²) in [6, 6.07) is 6.33. The Kier molecular flexibility index (Phi) is 3.12. The molecule has 106 valence electrons. The molecule has 0 saturated carbocycles. The normalized spacial score (nSPS) is 22.2. The number of benzene rings is 1. The Morgan fingerprint density at radius 1 is 1.20 bits per heavy atom. The number of rotatable bonds is 1. The quantitative estimate of drug-likeness (QED) is 0.855. The molecule has 1 aliphatic rings. The molecule has 3 nitrogen and oxygen atoms in total. The molecular formula is C13H11ClF3N3. The first-order valence-corrected chi connectivity index (χ1v) is 6.45. The van der Waals surface area contributed by atoms with Gasteiger partial charge in [-0.1, -0.05) is 23.7 Å². The summed E-state index contributed by atoms with van der Waals surface area (Å²) in [7, 11) is 0. The van der Waals surface area contributed by atoms with Crippen molar-refractivity contribution in [3.8, 4) is 0 Å². The zero-order chi connectivity index (χ0) is 14.3. The van der Waals surface area contributed by atoms with Gasteiger partial charge in [0.15, 0.2) is 6.04 Å². The van der Waals surface area contributed by atoms with Crippen LogP contribution in [0.4, 0.5) is 19.0 Å². The monoisotopic (exact) mass is 301 g/mol. The first-order valence-electron chi connectivity index (χ1n) is 6.07. The van der Waals surface area contributed by atoms with Crippen LogP contribution in [0.15, 0.2) is 36.5 Å². The van der Waals surface area contributed by atoms with Crippen LogP contribution < -0.4 is 5.32 Å². The molecule has 3 rings (SSSR count). The van der Waals surface area contributed by atoms with Gasteiger partial charge in [0.25, 0.3) is 0 Å². The minimum atomic E-state index is -4.33. The molecule has 0 radical (unpaired) electrons. The van der Waals surface area contributed by atoms with Crippen LogP contribution in [0.1, 0.15) is 24.1 Å². The van der Waals surface area contributed by atoms with Gasteiger partial charge in [0.05, 0.1) is 12.2 Å². The summed E-state index contributed by atoms with van der Waals surface area (Å²) in [5.74, 6) is 0.374. The molecule has 0 fully saturated rings. The van der Waals surface area contributed by atoms with Gasteiger partial charge in [0.1, 0.15) is 5.82 Å². The van der Waals surface area contributed by atoms with Crippen molar-refractivity contribution in [2.24, 2.45) is 0 Å². The van der Waals surface area contributed by atoms with Crippen molar-refractivity contribution in [3.05, 3.63) is 47.1 Å². The maximum atomic E-state index is 13.1. The highest BCUT2D eigenvalue weighted by atomic mass is 35.5. The lowest BCUT2D eigenvalue weighted by molar-refractivity contribution is -0.173. The minimum absolute atomic E-state index is 0.0974. The first-order chi connectivity index (χ1) is 9.45. The van der Waals surface area contributed by atoms with Gasteiger partial charge < -0.3 is 5.32 Å². The number of nitrogens with one attached hydrogen (secondary N) is 1. The lowest BCUT2D eigenvalue weighted by Crippen LogP contribution is -2.35. The second-order valence-electron chi connectivity index (χ2n) is 4.70. The van der Waals surface area contributed by atoms with Crippen LogP contribution in [0.3, 0.4) is 0 Å². The van der Waals surface area contributed by atoms with Gasteiger partial charge in [-0.15, -0.1) is 0 Å². The van der Waals surface area contributed by atoms with E-state index in [-0.39, 0.29) is 6.42 Å². The first kappa shape index (κ1) is 13.3. The summed E-state index contributed by atoms with van der Waals surface area (Å²) in [6.45, 7) is 0. The van der Waals surface area contributed by atoms with Gasteiger partial charge in [-0.2, -0.15) is 18.3 Å². The third-order valence-electron chi connectivity index (χ3n) is 3.40. The van der Waals surface area contributed by atoms with E-state index in [9.17, 15) is 13.2 Å². The maximum Gasteiger partial charge on any atom is 0.410 e. The van der Waals surface area contributed by atoms with E-state index in [0.29, 0.717) is 10.8 Å². The highest BCUT2D eigenvalue weighted by Gasteiger charge is 2.46. The predicted molar refractivity (Wildman–Crippen MR) is 69.8 cm³/mol. The molecule has 1 aromatic heterocycles. The number of anilines is 1. The van der Waals surface area contributed by atoms with E-state index in [4.69, 9.17) is 11.6 Å². The van der Waals surface area contributed by atoms with Crippen molar-refractivity contribution in [3.63, 3.8) is 0 Å². The molecule has 0 amide bonds. The van der Waals surface area contributed by atoms with Gasteiger partial charge in [0, 0.05) is 17.5 Å². The SMILES string of the molecule is FC(F)(F)[C@@H]1C[C@@H](c2ccc(Cl)cc2)Nc2ccnn21. The molecular weight excluding hydrogens is 291 g/mol. The van der Waals surface area contributed by atoms with Crippen LogP contribution in [-0.4, -0.2) is 16.0 Å². The Hall–Kier alpha value is -1.69. The number of alkyl halides is 3. The molecule has 1 N–H and O–H groups in total. The summed E-state index contributed by atoms with van der Waals surface area (Å²) < 4.78 is 40.4. The molecule has 0 aliphatic carbocycles. The molecule has 0 bridgehead atoms. The van der Waals surface area contributed by atoms with Gasteiger partial charge >= 0.3 is 6.18 Å². The van der Waals surface area contributed by atoms with E-state index < -0.39 is 18.3 Å². The number of fused-ring (bicyclic) bond motifs is 1. The topological polar surface area (TPSA) is 29.9 Å². The smallest absolute Gasteiger partial charge is 0.363 e. The fraction of sp³-hybridized carbons (Fsp3) is 0.308. The maximum absolute atomic E-state index is 13.1. The molecule has 0 unspecified atom stereocenters. The second-order valence-corrected chi connectivity index (χ2v) is 5.14. The molecule has 20 heavy (non-hydrogen) atoms. The fourth-order valence-electron chi connectivity index (χ4n) is 2.42. The number of aromatic nitrogens is 2. The second kappa shape index (κ2) is 4.70. The van der Waals surface area contributed by atoms with Gasteiger partial charge in [-0.3, -0.25) is 0 Å². The largest absolute Gasteiger partial charge is 0.410 e. The molecule has 0 spiro atoms. The van der Waals surface area contributed by atoms with Gasteiger partial charge in [0.2, 0.25) is 0 Å². The number of hydrogen-bond donors (Lipinski definition) is 1. The van der Waals surface area contributed by atoms with Crippen LogP contribution in [0, 0.1) is 0 Å². The van der Waals surface area contributed by atoms with Gasteiger partial charge in [-0.05, 0) is 17.7 Å². The average molecular weight is 302 g/mol. The number of hydrogen-bond acceptors (Lipinski definition) is 2. The molecule has 2 heterocycles. The van der Waals surface area contributed by atoms with Crippen molar-refractivity contribution in [1.82, 2.24) is 9.78 Å². The Bertz CT molecular complexity index is 606. The Morgan fingerprint density at radius 2 is 1.90 bits per heavy atom. The van der Waals surface area contributed by atoms with Crippen molar-refractivity contribution in [1.29, 1.82) is 0 Å². The molecule has 2 aromatic rings. The van der Waals surface area contributed by atoms with Crippen molar-refractivity contribution in [2.45, 2.75) is 24.7 Å². The molecule has 1 aromatic carbocycles. The van der Waals surface area contributed by atoms with E-state index in [2.05, 4.69) is 10.4 Å². The summed E-state index contributed by atoms with van der Waals surface area (Å²) in [6.07, 6.45) is -3.06.